The minimum atomic E-state index is 0.327. The van der Waals surface area contributed by atoms with E-state index in [9.17, 15) is 5.11 Å². The van der Waals surface area contributed by atoms with Crippen LogP contribution in [0.1, 0.15) is 24.8 Å². The lowest BCUT2D eigenvalue weighted by atomic mass is 10.1. The third-order valence-corrected chi connectivity index (χ3v) is 3.12. The van der Waals surface area contributed by atoms with E-state index in [1.54, 1.807) is 0 Å². The zero-order valence-corrected chi connectivity index (χ0v) is 9.86. The molecule has 0 heterocycles. The van der Waals surface area contributed by atoms with Crippen LogP contribution in [0.15, 0.2) is 18.2 Å². The van der Waals surface area contributed by atoms with E-state index in [0.29, 0.717) is 29.9 Å². The van der Waals surface area contributed by atoms with Crippen LogP contribution in [-0.2, 0) is 0 Å². The number of nitrogens with one attached hydrogen (secondary N) is 1. The molecule has 0 radical (unpaired) electrons. The number of benzene rings is 1. The number of hydrogen-bond acceptors (Lipinski definition) is 3. The van der Waals surface area contributed by atoms with Crippen LogP contribution < -0.4 is 10.1 Å². The lowest BCUT2D eigenvalue weighted by Crippen LogP contribution is -2.10. The Morgan fingerprint density at radius 3 is 3.00 bits per heavy atom. The van der Waals surface area contributed by atoms with E-state index in [1.807, 2.05) is 32.2 Å². The van der Waals surface area contributed by atoms with Crippen LogP contribution in [0.5, 0.6) is 11.5 Å². The van der Waals surface area contributed by atoms with Crippen molar-refractivity contribution in [3.8, 4) is 11.5 Å². The van der Waals surface area contributed by atoms with Crippen LogP contribution in [0, 0.1) is 5.92 Å². The molecule has 1 aromatic carbocycles. The molecule has 88 valence electrons. The number of aromatic hydroxyl groups is 1. The summed E-state index contributed by atoms with van der Waals surface area (Å²) in [6, 6.07) is 5.77. The van der Waals surface area contributed by atoms with Crippen molar-refractivity contribution in [2.45, 2.75) is 19.3 Å². The van der Waals surface area contributed by atoms with Crippen LogP contribution in [0.4, 0.5) is 0 Å². The number of para-hydroxylation sites is 1. The number of phenolic OH excluding ortho intramolecular Hbond substituents is 1. The Balaban J connectivity index is 2.13. The van der Waals surface area contributed by atoms with Crippen LogP contribution in [0.2, 0.25) is 0 Å². The van der Waals surface area contributed by atoms with Gasteiger partial charge in [0, 0.05) is 5.56 Å². The fourth-order valence-electron chi connectivity index (χ4n) is 2.23. The predicted molar refractivity (Wildman–Crippen MR) is 64.1 cm³/mol. The van der Waals surface area contributed by atoms with Crippen molar-refractivity contribution >= 4 is 0 Å². The van der Waals surface area contributed by atoms with E-state index in [2.05, 4.69) is 5.32 Å². The maximum atomic E-state index is 10.1. The second kappa shape index (κ2) is 4.74. The van der Waals surface area contributed by atoms with Crippen molar-refractivity contribution in [1.29, 1.82) is 0 Å². The van der Waals surface area contributed by atoms with Gasteiger partial charge in [-0.1, -0.05) is 12.1 Å². The number of hydrogen-bond donors (Lipinski definition) is 2. The van der Waals surface area contributed by atoms with Crippen LogP contribution in [0.25, 0.3) is 0 Å². The lowest BCUT2D eigenvalue weighted by molar-refractivity contribution is 0.316. The van der Waals surface area contributed by atoms with E-state index >= 15 is 0 Å². The van der Waals surface area contributed by atoms with Crippen molar-refractivity contribution in [2.24, 2.45) is 5.92 Å². The number of ether oxygens (including phenoxy) is 1. The molecule has 3 nitrogen and oxygen atoms in total. The van der Waals surface area contributed by atoms with Crippen molar-refractivity contribution < 1.29 is 9.84 Å². The molecule has 1 saturated carbocycles. The SMILES string of the molecule is CCOc1cccc(C2CC2CNC)c1O. The van der Waals surface area contributed by atoms with Crippen molar-refractivity contribution in [3.05, 3.63) is 23.8 Å². The van der Waals surface area contributed by atoms with Gasteiger partial charge < -0.3 is 15.2 Å². The van der Waals surface area contributed by atoms with Crippen LogP contribution >= 0.6 is 0 Å². The van der Waals surface area contributed by atoms with Gasteiger partial charge in [-0.15, -0.1) is 0 Å². The van der Waals surface area contributed by atoms with E-state index < -0.39 is 0 Å². The average Bonchev–Trinajstić information content (AvgIpc) is 3.01. The highest BCUT2D eigenvalue weighted by Gasteiger charge is 2.39. The molecular weight excluding hydrogens is 202 g/mol. The van der Waals surface area contributed by atoms with E-state index in [4.69, 9.17) is 4.74 Å². The Hall–Kier alpha value is -1.22. The third-order valence-electron chi connectivity index (χ3n) is 3.12. The molecule has 1 aliphatic rings. The molecule has 2 unspecified atom stereocenters. The quantitative estimate of drug-likeness (QED) is 0.800. The highest BCUT2D eigenvalue weighted by molar-refractivity contribution is 5.49. The molecule has 1 aromatic rings. The molecule has 3 heteroatoms. The first-order chi connectivity index (χ1) is 7.77. The molecule has 0 amide bonds. The number of phenols is 1. The van der Waals surface area contributed by atoms with Crippen molar-refractivity contribution in [2.75, 3.05) is 20.2 Å². The Labute approximate surface area is 96.4 Å². The zero-order valence-electron chi connectivity index (χ0n) is 9.86. The van der Waals surface area contributed by atoms with Crippen molar-refractivity contribution in [3.63, 3.8) is 0 Å². The fourth-order valence-corrected chi connectivity index (χ4v) is 2.23. The maximum Gasteiger partial charge on any atom is 0.161 e. The third kappa shape index (κ3) is 2.14. The molecule has 0 bridgehead atoms. The topological polar surface area (TPSA) is 41.5 Å². The summed E-state index contributed by atoms with van der Waals surface area (Å²) < 4.78 is 5.38. The van der Waals surface area contributed by atoms with Crippen LogP contribution in [-0.4, -0.2) is 25.3 Å². The summed E-state index contributed by atoms with van der Waals surface area (Å²) in [6.45, 7) is 3.53. The van der Waals surface area contributed by atoms with Crippen LogP contribution in [0.3, 0.4) is 0 Å². The molecule has 2 rings (SSSR count). The van der Waals surface area contributed by atoms with Gasteiger partial charge in [0.15, 0.2) is 11.5 Å². The first-order valence-electron chi connectivity index (χ1n) is 5.87. The smallest absolute Gasteiger partial charge is 0.161 e. The van der Waals surface area contributed by atoms with Gasteiger partial charge in [0.25, 0.3) is 0 Å². The molecule has 1 aliphatic carbocycles. The monoisotopic (exact) mass is 221 g/mol. The first kappa shape index (κ1) is 11.3. The lowest BCUT2D eigenvalue weighted by Gasteiger charge is -2.09. The normalized spacial score (nSPS) is 23.1. The zero-order chi connectivity index (χ0) is 11.5. The Kier molecular flexibility index (Phi) is 3.34. The fraction of sp³-hybridized carbons (Fsp3) is 0.538. The molecule has 2 atom stereocenters. The standard InChI is InChI=1S/C13H19NO2/c1-3-16-12-6-4-5-10(13(12)15)11-7-9(11)8-14-2/h4-6,9,11,14-15H,3,7-8H2,1-2H3. The number of rotatable bonds is 5. The van der Waals surface area contributed by atoms with Gasteiger partial charge >= 0.3 is 0 Å². The summed E-state index contributed by atoms with van der Waals surface area (Å²) in [5, 5.41) is 13.2. The van der Waals surface area contributed by atoms with Gasteiger partial charge in [0.2, 0.25) is 0 Å². The van der Waals surface area contributed by atoms with E-state index in [-0.39, 0.29) is 0 Å². The summed E-state index contributed by atoms with van der Waals surface area (Å²) in [4.78, 5) is 0. The Morgan fingerprint density at radius 2 is 2.31 bits per heavy atom. The molecule has 2 N–H and O–H groups in total. The molecule has 1 fully saturated rings. The van der Waals surface area contributed by atoms with Gasteiger partial charge in [-0.05, 0) is 44.8 Å². The first-order valence-corrected chi connectivity index (χ1v) is 5.87. The minimum absolute atomic E-state index is 0.327. The van der Waals surface area contributed by atoms with Gasteiger partial charge in [-0.3, -0.25) is 0 Å². The highest BCUT2D eigenvalue weighted by Crippen LogP contribution is 2.51. The van der Waals surface area contributed by atoms with Crippen molar-refractivity contribution in [1.82, 2.24) is 5.32 Å². The van der Waals surface area contributed by atoms with Gasteiger partial charge in [-0.2, -0.15) is 0 Å². The summed E-state index contributed by atoms with van der Waals surface area (Å²) in [7, 11) is 1.96. The van der Waals surface area contributed by atoms with Gasteiger partial charge in [0.05, 0.1) is 6.61 Å². The molecule has 0 aliphatic heterocycles. The average molecular weight is 221 g/mol. The molecule has 0 spiro atoms. The van der Waals surface area contributed by atoms with E-state index in [1.165, 1.54) is 0 Å². The molecule has 16 heavy (non-hydrogen) atoms. The minimum Gasteiger partial charge on any atom is -0.504 e. The Morgan fingerprint density at radius 1 is 1.50 bits per heavy atom. The summed E-state index contributed by atoms with van der Waals surface area (Å²) in [5.74, 6) is 2.09. The molecular formula is C13H19NO2. The van der Waals surface area contributed by atoms with Gasteiger partial charge in [-0.25, -0.2) is 0 Å². The second-order valence-corrected chi connectivity index (χ2v) is 4.29. The predicted octanol–water partition coefficient (Wildman–Crippen LogP) is 2.11. The largest absolute Gasteiger partial charge is 0.504 e. The Bertz CT molecular complexity index is 365. The summed E-state index contributed by atoms with van der Waals surface area (Å²) in [5.41, 5.74) is 1.03. The molecule has 0 aromatic heterocycles. The maximum absolute atomic E-state index is 10.1. The summed E-state index contributed by atoms with van der Waals surface area (Å²) >= 11 is 0. The van der Waals surface area contributed by atoms with Gasteiger partial charge in [0.1, 0.15) is 0 Å². The molecule has 0 saturated heterocycles. The van der Waals surface area contributed by atoms with E-state index in [0.717, 1.165) is 18.5 Å². The second-order valence-electron chi connectivity index (χ2n) is 4.29. The summed E-state index contributed by atoms with van der Waals surface area (Å²) in [6.07, 6.45) is 1.16. The highest BCUT2D eigenvalue weighted by atomic mass is 16.5.